The summed E-state index contributed by atoms with van der Waals surface area (Å²) in [6, 6.07) is 0. The SMILES string of the molecule is CCCCCCCCCCCCCCCCCC(=O)OCC(CO)OC(=O)CCCCCCCCCCCCCC. The zero-order valence-electron chi connectivity index (χ0n) is 27.6. The van der Waals surface area contributed by atoms with Crippen molar-refractivity contribution in [2.24, 2.45) is 0 Å². The molecule has 0 bridgehead atoms. The molecule has 0 radical (unpaired) electrons. The zero-order chi connectivity index (χ0) is 30.1. The molecule has 1 unspecified atom stereocenters. The van der Waals surface area contributed by atoms with Crippen LogP contribution in [0.4, 0.5) is 0 Å². The van der Waals surface area contributed by atoms with Gasteiger partial charge >= 0.3 is 11.9 Å². The smallest absolute Gasteiger partial charge is 0.306 e. The maximum atomic E-state index is 12.1. The minimum absolute atomic E-state index is 0.0573. The van der Waals surface area contributed by atoms with Gasteiger partial charge in [0, 0.05) is 12.8 Å². The summed E-state index contributed by atoms with van der Waals surface area (Å²) in [6.07, 6.45) is 34.4. The maximum absolute atomic E-state index is 12.1. The van der Waals surface area contributed by atoms with Crippen molar-refractivity contribution in [2.45, 2.75) is 206 Å². The van der Waals surface area contributed by atoms with Crippen LogP contribution in [-0.4, -0.2) is 36.4 Å². The van der Waals surface area contributed by atoms with E-state index in [1.807, 2.05) is 0 Å². The Hall–Kier alpha value is -1.10. The van der Waals surface area contributed by atoms with E-state index in [0.29, 0.717) is 12.8 Å². The minimum atomic E-state index is -0.759. The van der Waals surface area contributed by atoms with E-state index in [4.69, 9.17) is 9.47 Å². The molecule has 0 aliphatic heterocycles. The van der Waals surface area contributed by atoms with Crippen LogP contribution in [0.3, 0.4) is 0 Å². The third-order valence-corrected chi connectivity index (χ3v) is 8.15. The van der Waals surface area contributed by atoms with Crippen molar-refractivity contribution in [1.82, 2.24) is 0 Å². The van der Waals surface area contributed by atoms with Crippen molar-refractivity contribution in [2.75, 3.05) is 13.2 Å². The molecule has 0 saturated carbocycles. The molecular formula is C36H70O5. The van der Waals surface area contributed by atoms with Gasteiger partial charge in [-0.25, -0.2) is 0 Å². The highest BCUT2D eigenvalue weighted by Crippen LogP contribution is 2.15. The molecule has 0 fully saturated rings. The van der Waals surface area contributed by atoms with Crippen LogP contribution in [0.25, 0.3) is 0 Å². The molecular weight excluding hydrogens is 512 g/mol. The third-order valence-electron chi connectivity index (χ3n) is 8.15. The van der Waals surface area contributed by atoms with Gasteiger partial charge in [-0.15, -0.1) is 0 Å². The van der Waals surface area contributed by atoms with Gasteiger partial charge < -0.3 is 14.6 Å². The summed E-state index contributed by atoms with van der Waals surface area (Å²) in [7, 11) is 0. The largest absolute Gasteiger partial charge is 0.462 e. The van der Waals surface area contributed by atoms with Gasteiger partial charge in [-0.2, -0.15) is 0 Å². The lowest BCUT2D eigenvalue weighted by molar-refractivity contribution is -0.161. The Kier molecular flexibility index (Phi) is 32.5. The average molecular weight is 583 g/mol. The summed E-state index contributed by atoms with van der Waals surface area (Å²) in [4.78, 5) is 24.1. The fourth-order valence-electron chi connectivity index (χ4n) is 5.38. The Morgan fingerprint density at radius 3 is 1.07 bits per heavy atom. The first-order valence-electron chi connectivity index (χ1n) is 18.1. The van der Waals surface area contributed by atoms with E-state index >= 15 is 0 Å². The second kappa shape index (κ2) is 33.4. The highest BCUT2D eigenvalue weighted by atomic mass is 16.6. The van der Waals surface area contributed by atoms with E-state index in [1.54, 1.807) is 0 Å². The summed E-state index contributed by atoms with van der Waals surface area (Å²) in [6.45, 7) is 4.14. The first-order valence-corrected chi connectivity index (χ1v) is 18.1. The van der Waals surface area contributed by atoms with Crippen molar-refractivity contribution in [1.29, 1.82) is 0 Å². The van der Waals surface area contributed by atoms with Crippen LogP contribution in [0.5, 0.6) is 0 Å². The Balaban J connectivity index is 3.51. The van der Waals surface area contributed by atoms with Gasteiger partial charge in [0.25, 0.3) is 0 Å². The van der Waals surface area contributed by atoms with Gasteiger partial charge in [0.05, 0.1) is 6.61 Å². The number of carbonyl (C=O) groups excluding carboxylic acids is 2. The molecule has 41 heavy (non-hydrogen) atoms. The number of rotatable bonds is 33. The molecule has 0 aliphatic carbocycles. The Labute approximate surface area is 255 Å². The summed E-state index contributed by atoms with van der Waals surface area (Å²) in [5.74, 6) is -0.579. The lowest BCUT2D eigenvalue weighted by Crippen LogP contribution is -2.28. The van der Waals surface area contributed by atoms with E-state index in [2.05, 4.69) is 13.8 Å². The van der Waals surface area contributed by atoms with Gasteiger partial charge in [0.2, 0.25) is 0 Å². The van der Waals surface area contributed by atoms with Gasteiger partial charge in [-0.1, -0.05) is 174 Å². The van der Waals surface area contributed by atoms with Crippen molar-refractivity contribution in [3.05, 3.63) is 0 Å². The number of hydrogen-bond acceptors (Lipinski definition) is 5. The summed E-state index contributed by atoms with van der Waals surface area (Å²) < 4.78 is 10.6. The first-order chi connectivity index (χ1) is 20.1. The van der Waals surface area contributed by atoms with E-state index in [-0.39, 0.29) is 25.2 Å². The summed E-state index contributed by atoms with van der Waals surface area (Å²) >= 11 is 0. The number of ether oxygens (including phenoxy) is 2. The highest BCUT2D eigenvalue weighted by Gasteiger charge is 2.16. The van der Waals surface area contributed by atoms with E-state index < -0.39 is 6.10 Å². The lowest BCUT2D eigenvalue weighted by Gasteiger charge is -2.15. The fraction of sp³-hybridized carbons (Fsp3) is 0.944. The predicted molar refractivity (Wildman–Crippen MR) is 173 cm³/mol. The highest BCUT2D eigenvalue weighted by molar-refractivity contribution is 5.70. The molecule has 5 heteroatoms. The van der Waals surface area contributed by atoms with Gasteiger partial charge in [-0.3, -0.25) is 9.59 Å². The van der Waals surface area contributed by atoms with Crippen LogP contribution in [0.2, 0.25) is 0 Å². The van der Waals surface area contributed by atoms with E-state index in [0.717, 1.165) is 32.1 Å². The molecule has 5 nitrogen and oxygen atoms in total. The molecule has 1 N–H and O–H groups in total. The number of esters is 2. The van der Waals surface area contributed by atoms with Crippen molar-refractivity contribution < 1.29 is 24.2 Å². The molecule has 0 aliphatic rings. The quantitative estimate of drug-likeness (QED) is 0.0615. The third kappa shape index (κ3) is 31.7. The predicted octanol–water partition coefficient (Wildman–Crippen LogP) is 10.8. The summed E-state index contributed by atoms with van der Waals surface area (Å²) in [5.41, 5.74) is 0. The lowest BCUT2D eigenvalue weighted by atomic mass is 10.0. The second-order valence-corrected chi connectivity index (χ2v) is 12.3. The van der Waals surface area contributed by atoms with Crippen LogP contribution in [0, 0.1) is 0 Å². The Bertz CT molecular complexity index is 550. The topological polar surface area (TPSA) is 72.8 Å². The molecule has 0 amide bonds. The van der Waals surface area contributed by atoms with Gasteiger partial charge in [0.15, 0.2) is 6.10 Å². The molecule has 0 rings (SSSR count). The molecule has 0 aromatic carbocycles. The number of unbranched alkanes of at least 4 members (excludes halogenated alkanes) is 25. The van der Waals surface area contributed by atoms with Crippen molar-refractivity contribution in [3.63, 3.8) is 0 Å². The Morgan fingerprint density at radius 1 is 0.463 bits per heavy atom. The van der Waals surface area contributed by atoms with Crippen LogP contribution in [0.15, 0.2) is 0 Å². The van der Waals surface area contributed by atoms with E-state index in [9.17, 15) is 14.7 Å². The van der Waals surface area contributed by atoms with Crippen LogP contribution >= 0.6 is 0 Å². The molecule has 0 spiro atoms. The van der Waals surface area contributed by atoms with Gasteiger partial charge in [-0.05, 0) is 12.8 Å². The monoisotopic (exact) mass is 583 g/mol. The van der Waals surface area contributed by atoms with Crippen molar-refractivity contribution >= 4 is 11.9 Å². The molecule has 0 heterocycles. The van der Waals surface area contributed by atoms with Crippen LogP contribution in [0.1, 0.15) is 200 Å². The average Bonchev–Trinajstić information content (AvgIpc) is 2.97. The number of aliphatic hydroxyl groups is 1. The molecule has 0 aromatic heterocycles. The van der Waals surface area contributed by atoms with E-state index in [1.165, 1.54) is 141 Å². The standard InChI is InChI=1S/C36H70O5/c1-3-5-7-9-11-13-15-17-18-19-21-22-24-26-28-30-35(38)40-33-34(32-37)41-36(39)31-29-27-25-23-20-16-14-12-10-8-6-4-2/h34,37H,3-33H2,1-2H3. The second-order valence-electron chi connectivity index (χ2n) is 12.3. The van der Waals surface area contributed by atoms with Crippen molar-refractivity contribution in [3.8, 4) is 0 Å². The number of aliphatic hydroxyl groups excluding tert-OH is 1. The number of hydrogen-bond donors (Lipinski definition) is 1. The summed E-state index contributed by atoms with van der Waals surface area (Å²) in [5, 5.41) is 9.51. The molecule has 1 atom stereocenters. The molecule has 0 saturated heterocycles. The van der Waals surface area contributed by atoms with Gasteiger partial charge in [0.1, 0.15) is 6.61 Å². The molecule has 244 valence electrons. The first kappa shape index (κ1) is 39.9. The minimum Gasteiger partial charge on any atom is -0.462 e. The normalized spacial score (nSPS) is 12.0. The zero-order valence-corrected chi connectivity index (χ0v) is 27.6. The number of carbonyl (C=O) groups is 2. The van der Waals surface area contributed by atoms with Crippen LogP contribution in [-0.2, 0) is 19.1 Å². The maximum Gasteiger partial charge on any atom is 0.306 e. The van der Waals surface area contributed by atoms with Crippen LogP contribution < -0.4 is 0 Å². The molecule has 0 aromatic rings. The Morgan fingerprint density at radius 2 is 0.756 bits per heavy atom. The fourth-order valence-corrected chi connectivity index (χ4v) is 5.38.